The first-order valence-corrected chi connectivity index (χ1v) is 6.92. The number of hydrogen-bond acceptors (Lipinski definition) is 3. The maximum Gasteiger partial charge on any atom is 0.326 e. The first-order chi connectivity index (χ1) is 7.76. The normalized spacial score (nSPS) is 12.9. The lowest BCUT2D eigenvalue weighted by Gasteiger charge is -2.20. The van der Waals surface area contributed by atoms with E-state index >= 15 is 0 Å². The summed E-state index contributed by atoms with van der Waals surface area (Å²) in [6.45, 7) is 6.49. The van der Waals surface area contributed by atoms with Crippen LogP contribution >= 0.6 is 11.8 Å². The van der Waals surface area contributed by atoms with Crippen molar-refractivity contribution in [3.8, 4) is 0 Å². The molecule has 0 saturated heterocycles. The lowest BCUT2D eigenvalue weighted by Crippen LogP contribution is -2.47. The Labute approximate surface area is 107 Å². The number of hydrogen-bond donors (Lipinski definition) is 3. The number of carbonyl (C=O) groups is 2. The van der Waals surface area contributed by atoms with E-state index in [4.69, 9.17) is 5.11 Å². The first kappa shape index (κ1) is 16.1. The van der Waals surface area contributed by atoms with Crippen LogP contribution in [0.3, 0.4) is 0 Å². The van der Waals surface area contributed by atoms with Gasteiger partial charge in [-0.25, -0.2) is 9.59 Å². The molecular formula is C11H22N2O3S. The molecule has 3 N–H and O–H groups in total. The fraction of sp³-hybridized carbons (Fsp3) is 0.818. The van der Waals surface area contributed by atoms with Crippen molar-refractivity contribution < 1.29 is 14.7 Å². The minimum absolute atomic E-state index is 0.0185. The lowest BCUT2D eigenvalue weighted by atomic mass is 9.97. The number of urea groups is 1. The minimum Gasteiger partial charge on any atom is -0.480 e. The van der Waals surface area contributed by atoms with Crippen LogP contribution in [0.1, 0.15) is 27.2 Å². The molecule has 0 aliphatic carbocycles. The van der Waals surface area contributed by atoms with Gasteiger partial charge in [-0.15, -0.1) is 0 Å². The molecule has 0 aromatic carbocycles. The van der Waals surface area contributed by atoms with E-state index in [2.05, 4.69) is 10.6 Å². The van der Waals surface area contributed by atoms with E-state index in [-0.39, 0.29) is 5.41 Å². The third-order valence-corrected chi connectivity index (χ3v) is 2.64. The van der Waals surface area contributed by atoms with Crippen LogP contribution in [0.2, 0.25) is 0 Å². The van der Waals surface area contributed by atoms with Crippen molar-refractivity contribution in [3.63, 3.8) is 0 Å². The smallest absolute Gasteiger partial charge is 0.326 e. The van der Waals surface area contributed by atoms with E-state index in [0.717, 1.165) is 0 Å². The van der Waals surface area contributed by atoms with Crippen molar-refractivity contribution in [1.29, 1.82) is 0 Å². The van der Waals surface area contributed by atoms with Gasteiger partial charge in [-0.2, -0.15) is 11.8 Å². The Morgan fingerprint density at radius 3 is 2.35 bits per heavy atom. The van der Waals surface area contributed by atoms with Crippen LogP contribution in [-0.2, 0) is 4.79 Å². The standard InChI is InChI=1S/C11H22N2O3S/c1-11(2,3)7-12-10(16)13-8(9(14)15)5-6-17-4/h8H,5-7H2,1-4H3,(H,14,15)(H2,12,13,16)/t8-/m1/s1. The number of thioether (sulfide) groups is 1. The van der Waals surface area contributed by atoms with Crippen molar-refractivity contribution in [2.24, 2.45) is 5.41 Å². The topological polar surface area (TPSA) is 78.4 Å². The Morgan fingerprint density at radius 2 is 1.94 bits per heavy atom. The molecule has 0 fully saturated rings. The molecule has 17 heavy (non-hydrogen) atoms. The third kappa shape index (κ3) is 8.85. The van der Waals surface area contributed by atoms with Gasteiger partial charge in [-0.1, -0.05) is 20.8 Å². The van der Waals surface area contributed by atoms with Crippen LogP contribution in [0.25, 0.3) is 0 Å². The number of carboxylic acids is 1. The van der Waals surface area contributed by atoms with Crippen molar-refractivity contribution in [2.45, 2.75) is 33.2 Å². The number of amides is 2. The van der Waals surface area contributed by atoms with Gasteiger partial charge in [0.25, 0.3) is 0 Å². The zero-order valence-corrected chi connectivity index (χ0v) is 11.7. The summed E-state index contributed by atoms with van der Waals surface area (Å²) < 4.78 is 0. The van der Waals surface area contributed by atoms with Crippen LogP contribution < -0.4 is 10.6 Å². The minimum atomic E-state index is -0.995. The quantitative estimate of drug-likeness (QED) is 0.678. The summed E-state index contributed by atoms with van der Waals surface area (Å²) in [4.78, 5) is 22.4. The number of rotatable bonds is 6. The fourth-order valence-electron chi connectivity index (χ4n) is 1.05. The van der Waals surface area contributed by atoms with Gasteiger partial charge in [0, 0.05) is 6.54 Å². The van der Waals surface area contributed by atoms with Gasteiger partial charge in [-0.3, -0.25) is 0 Å². The number of nitrogens with one attached hydrogen (secondary N) is 2. The molecule has 0 unspecified atom stereocenters. The Bertz CT molecular complexity index is 264. The average Bonchev–Trinajstić information content (AvgIpc) is 2.19. The summed E-state index contributed by atoms with van der Waals surface area (Å²) in [7, 11) is 0. The van der Waals surface area contributed by atoms with Crippen molar-refractivity contribution in [2.75, 3.05) is 18.6 Å². The fourth-order valence-corrected chi connectivity index (χ4v) is 1.52. The molecular weight excluding hydrogens is 240 g/mol. The van der Waals surface area contributed by atoms with E-state index in [1.807, 2.05) is 27.0 Å². The summed E-state index contributed by atoms with van der Waals surface area (Å²) in [6, 6.07) is -1.24. The summed E-state index contributed by atoms with van der Waals surface area (Å²) in [5.41, 5.74) is -0.0185. The molecule has 0 aromatic rings. The molecule has 100 valence electrons. The molecule has 0 aliphatic heterocycles. The third-order valence-electron chi connectivity index (χ3n) is 1.99. The predicted octanol–water partition coefficient (Wildman–Crippen LogP) is 1.54. The van der Waals surface area contributed by atoms with Gasteiger partial charge < -0.3 is 15.7 Å². The van der Waals surface area contributed by atoms with Gasteiger partial charge in [0.2, 0.25) is 0 Å². The van der Waals surface area contributed by atoms with Gasteiger partial charge in [0.05, 0.1) is 0 Å². The number of aliphatic carboxylic acids is 1. The summed E-state index contributed by atoms with van der Waals surface area (Å²) in [5.74, 6) is -0.291. The van der Waals surface area contributed by atoms with Crippen LogP contribution in [0.4, 0.5) is 4.79 Å². The largest absolute Gasteiger partial charge is 0.480 e. The number of carbonyl (C=O) groups excluding carboxylic acids is 1. The highest BCUT2D eigenvalue weighted by molar-refractivity contribution is 7.98. The molecule has 6 heteroatoms. The van der Waals surface area contributed by atoms with Crippen molar-refractivity contribution in [3.05, 3.63) is 0 Å². The van der Waals surface area contributed by atoms with Crippen LogP contribution in [0.15, 0.2) is 0 Å². The molecule has 0 bridgehead atoms. The molecule has 0 spiro atoms. The lowest BCUT2D eigenvalue weighted by molar-refractivity contribution is -0.139. The highest BCUT2D eigenvalue weighted by atomic mass is 32.2. The first-order valence-electron chi connectivity index (χ1n) is 5.52. The van der Waals surface area contributed by atoms with Crippen LogP contribution in [-0.4, -0.2) is 41.7 Å². The van der Waals surface area contributed by atoms with E-state index < -0.39 is 18.0 Å². The van der Waals surface area contributed by atoms with Crippen molar-refractivity contribution >= 4 is 23.8 Å². The average molecular weight is 262 g/mol. The molecule has 5 nitrogen and oxygen atoms in total. The highest BCUT2D eigenvalue weighted by Crippen LogP contribution is 2.10. The predicted molar refractivity (Wildman–Crippen MR) is 70.4 cm³/mol. The Balaban J connectivity index is 4.08. The number of carboxylic acid groups (broad SMARTS) is 1. The highest BCUT2D eigenvalue weighted by Gasteiger charge is 2.20. The van der Waals surface area contributed by atoms with Crippen LogP contribution in [0, 0.1) is 5.41 Å². The SMILES string of the molecule is CSCC[C@@H](NC(=O)NCC(C)(C)C)C(=O)O. The molecule has 2 amide bonds. The van der Waals surface area contributed by atoms with E-state index in [1.54, 1.807) is 11.8 Å². The summed E-state index contributed by atoms with van der Waals surface area (Å²) in [5, 5.41) is 14.1. The maximum absolute atomic E-state index is 11.5. The van der Waals surface area contributed by atoms with Gasteiger partial charge >= 0.3 is 12.0 Å². The second kappa shape index (κ2) is 7.42. The molecule has 0 saturated carbocycles. The Hall–Kier alpha value is -0.910. The van der Waals surface area contributed by atoms with Gasteiger partial charge in [0.1, 0.15) is 6.04 Å². The Kier molecular flexibility index (Phi) is 7.03. The summed E-state index contributed by atoms with van der Waals surface area (Å²) >= 11 is 1.56. The second-order valence-electron chi connectivity index (χ2n) is 5.06. The zero-order chi connectivity index (χ0) is 13.5. The van der Waals surface area contributed by atoms with E-state index in [0.29, 0.717) is 18.7 Å². The second-order valence-corrected chi connectivity index (χ2v) is 6.05. The monoisotopic (exact) mass is 262 g/mol. The summed E-state index contributed by atoms with van der Waals surface area (Å²) in [6.07, 6.45) is 2.33. The molecule has 0 heterocycles. The van der Waals surface area contributed by atoms with Gasteiger partial charge in [0.15, 0.2) is 0 Å². The van der Waals surface area contributed by atoms with E-state index in [1.165, 1.54) is 0 Å². The molecule has 0 aromatic heterocycles. The van der Waals surface area contributed by atoms with E-state index in [9.17, 15) is 9.59 Å². The molecule has 0 rings (SSSR count). The Morgan fingerprint density at radius 1 is 1.35 bits per heavy atom. The zero-order valence-electron chi connectivity index (χ0n) is 10.9. The maximum atomic E-state index is 11.5. The van der Waals surface area contributed by atoms with Gasteiger partial charge in [-0.05, 0) is 23.8 Å². The molecule has 0 radical (unpaired) electrons. The van der Waals surface area contributed by atoms with Crippen molar-refractivity contribution in [1.82, 2.24) is 10.6 Å². The van der Waals surface area contributed by atoms with Crippen LogP contribution in [0.5, 0.6) is 0 Å². The molecule has 0 aliphatic rings. The molecule has 1 atom stereocenters.